The lowest BCUT2D eigenvalue weighted by Gasteiger charge is -2.19. The molecule has 3 nitrogen and oxygen atoms in total. The number of para-hydroxylation sites is 1. The zero-order valence-electron chi connectivity index (χ0n) is 24.1. The van der Waals surface area contributed by atoms with Crippen LogP contribution in [0.3, 0.4) is 0 Å². The second-order valence-electron chi connectivity index (χ2n) is 12.1. The van der Waals surface area contributed by atoms with Gasteiger partial charge in [0.1, 0.15) is 0 Å². The van der Waals surface area contributed by atoms with Crippen LogP contribution in [-0.4, -0.2) is 14.1 Å². The molecule has 1 aliphatic rings. The normalized spacial score (nSPS) is 13.5. The van der Waals surface area contributed by atoms with Crippen molar-refractivity contribution in [2.24, 2.45) is 0 Å². The molecule has 3 heteroatoms. The minimum Gasteiger partial charge on any atom is -0.311 e. The molecule has 8 aromatic rings. The van der Waals surface area contributed by atoms with Gasteiger partial charge in [0.25, 0.3) is 0 Å². The average molecular weight is 552 g/mol. The van der Waals surface area contributed by atoms with E-state index in [1.165, 1.54) is 61.0 Å². The van der Waals surface area contributed by atoms with E-state index in [0.29, 0.717) is 0 Å². The van der Waals surface area contributed by atoms with Crippen molar-refractivity contribution in [3.63, 3.8) is 0 Å². The van der Waals surface area contributed by atoms with Crippen molar-refractivity contribution in [3.8, 4) is 33.6 Å². The fourth-order valence-corrected chi connectivity index (χ4v) is 7.19. The molecule has 0 N–H and O–H groups in total. The zero-order chi connectivity index (χ0) is 28.7. The SMILES string of the molecule is CC1(C)c2cc3c(cc2-n2c1cc1ncccc12)c1ccccc1n3-c1cc(-c2ccccc2)cc(-c2ccccc2)c1. The number of benzene rings is 5. The highest BCUT2D eigenvalue weighted by atomic mass is 15.1. The van der Waals surface area contributed by atoms with Gasteiger partial charge in [-0.2, -0.15) is 0 Å². The van der Waals surface area contributed by atoms with Crippen LogP contribution in [-0.2, 0) is 5.41 Å². The van der Waals surface area contributed by atoms with Crippen molar-refractivity contribution in [2.45, 2.75) is 19.3 Å². The number of hydrogen-bond donors (Lipinski definition) is 0. The van der Waals surface area contributed by atoms with Crippen LogP contribution in [0, 0.1) is 0 Å². The summed E-state index contributed by atoms with van der Waals surface area (Å²) in [6.45, 7) is 4.68. The fourth-order valence-electron chi connectivity index (χ4n) is 7.19. The first-order valence-corrected chi connectivity index (χ1v) is 14.9. The van der Waals surface area contributed by atoms with E-state index in [4.69, 9.17) is 0 Å². The van der Waals surface area contributed by atoms with Gasteiger partial charge in [-0.3, -0.25) is 4.98 Å². The van der Waals surface area contributed by atoms with Gasteiger partial charge in [-0.25, -0.2) is 0 Å². The molecule has 0 aliphatic carbocycles. The maximum atomic E-state index is 4.68. The second kappa shape index (κ2) is 8.80. The Morgan fingerprint density at radius 2 is 1.16 bits per heavy atom. The van der Waals surface area contributed by atoms with Gasteiger partial charge in [0.15, 0.2) is 0 Å². The number of rotatable bonds is 3. The number of aromatic nitrogens is 3. The molecule has 0 amide bonds. The maximum Gasteiger partial charge on any atom is 0.0887 e. The van der Waals surface area contributed by atoms with E-state index in [0.717, 1.165) is 16.7 Å². The Morgan fingerprint density at radius 3 is 1.88 bits per heavy atom. The minimum absolute atomic E-state index is 0.160. The van der Waals surface area contributed by atoms with Gasteiger partial charge in [-0.15, -0.1) is 0 Å². The number of nitrogens with zero attached hydrogens (tertiary/aromatic N) is 3. The van der Waals surface area contributed by atoms with Crippen molar-refractivity contribution in [1.29, 1.82) is 0 Å². The Hall–Kier alpha value is -5.41. The summed E-state index contributed by atoms with van der Waals surface area (Å²) in [6, 6.07) is 48.6. The molecular weight excluding hydrogens is 522 g/mol. The van der Waals surface area contributed by atoms with Crippen LogP contribution in [0.1, 0.15) is 25.1 Å². The molecule has 0 saturated heterocycles. The summed E-state index contributed by atoms with van der Waals surface area (Å²) >= 11 is 0. The van der Waals surface area contributed by atoms with Gasteiger partial charge in [0, 0.05) is 33.8 Å². The first kappa shape index (κ1) is 24.2. The summed E-state index contributed by atoms with van der Waals surface area (Å²) in [5.74, 6) is 0. The first-order valence-electron chi connectivity index (χ1n) is 14.9. The van der Waals surface area contributed by atoms with Gasteiger partial charge < -0.3 is 9.13 Å². The highest BCUT2D eigenvalue weighted by Crippen LogP contribution is 2.48. The summed E-state index contributed by atoms with van der Waals surface area (Å²) < 4.78 is 4.89. The molecular formula is C40H29N3. The Morgan fingerprint density at radius 1 is 0.512 bits per heavy atom. The molecule has 0 fully saturated rings. The lowest BCUT2D eigenvalue weighted by molar-refractivity contribution is 0.645. The molecule has 204 valence electrons. The standard InChI is InChI=1S/C40H29N3/c1-40(2)33-24-37-32(23-38(33)43-36-18-11-19-41-34(36)25-39(40)43)31-16-9-10-17-35(31)42(37)30-21-28(26-12-5-3-6-13-26)20-29(22-30)27-14-7-4-8-15-27/h3-25H,1-2H3. The quantitative estimate of drug-likeness (QED) is 0.214. The van der Waals surface area contributed by atoms with Crippen LogP contribution in [0.15, 0.2) is 140 Å². The Balaban J connectivity index is 1.37. The predicted molar refractivity (Wildman–Crippen MR) is 178 cm³/mol. The Kier molecular flexibility index (Phi) is 4.95. The average Bonchev–Trinajstić information content (AvgIpc) is 3.67. The van der Waals surface area contributed by atoms with Crippen molar-refractivity contribution in [3.05, 3.63) is 151 Å². The van der Waals surface area contributed by atoms with Crippen molar-refractivity contribution in [2.75, 3.05) is 0 Å². The molecule has 5 aromatic carbocycles. The fraction of sp³-hybridized carbons (Fsp3) is 0.0750. The van der Waals surface area contributed by atoms with E-state index in [9.17, 15) is 0 Å². The van der Waals surface area contributed by atoms with E-state index in [1.807, 2.05) is 12.3 Å². The third kappa shape index (κ3) is 3.45. The van der Waals surface area contributed by atoms with Crippen LogP contribution in [0.5, 0.6) is 0 Å². The smallest absolute Gasteiger partial charge is 0.0887 e. The molecule has 3 aromatic heterocycles. The van der Waals surface area contributed by atoms with Crippen LogP contribution in [0.25, 0.3) is 66.5 Å². The van der Waals surface area contributed by atoms with Crippen LogP contribution in [0.4, 0.5) is 0 Å². The van der Waals surface area contributed by atoms with Gasteiger partial charge >= 0.3 is 0 Å². The Bertz CT molecular complexity index is 2300. The lowest BCUT2D eigenvalue weighted by atomic mass is 9.83. The van der Waals surface area contributed by atoms with Crippen LogP contribution in [0.2, 0.25) is 0 Å². The topological polar surface area (TPSA) is 22.8 Å². The largest absolute Gasteiger partial charge is 0.311 e. The number of fused-ring (bicyclic) bond motifs is 8. The molecule has 0 bridgehead atoms. The molecule has 0 saturated carbocycles. The van der Waals surface area contributed by atoms with Gasteiger partial charge in [-0.05, 0) is 82.4 Å². The van der Waals surface area contributed by atoms with Crippen LogP contribution < -0.4 is 0 Å². The van der Waals surface area contributed by atoms with E-state index in [1.54, 1.807) is 0 Å². The third-order valence-corrected chi connectivity index (χ3v) is 9.31. The summed E-state index contributed by atoms with van der Waals surface area (Å²) in [4.78, 5) is 4.68. The summed E-state index contributed by atoms with van der Waals surface area (Å²) in [5, 5.41) is 2.52. The summed E-state index contributed by atoms with van der Waals surface area (Å²) in [5.41, 5.74) is 14.4. The molecule has 0 radical (unpaired) electrons. The second-order valence-corrected chi connectivity index (χ2v) is 12.1. The van der Waals surface area contributed by atoms with Gasteiger partial charge in [0.05, 0.1) is 27.8 Å². The van der Waals surface area contributed by atoms with Crippen LogP contribution >= 0.6 is 0 Å². The first-order chi connectivity index (χ1) is 21.1. The maximum absolute atomic E-state index is 4.68. The van der Waals surface area contributed by atoms with Gasteiger partial charge in [-0.1, -0.05) is 92.7 Å². The third-order valence-electron chi connectivity index (χ3n) is 9.31. The highest BCUT2D eigenvalue weighted by Gasteiger charge is 2.38. The van der Waals surface area contributed by atoms with Gasteiger partial charge in [0.2, 0.25) is 0 Å². The molecule has 43 heavy (non-hydrogen) atoms. The van der Waals surface area contributed by atoms with E-state index in [-0.39, 0.29) is 5.41 Å². The van der Waals surface area contributed by atoms with E-state index in [2.05, 4.69) is 155 Å². The van der Waals surface area contributed by atoms with E-state index < -0.39 is 0 Å². The van der Waals surface area contributed by atoms with Crippen molar-refractivity contribution < 1.29 is 0 Å². The monoisotopic (exact) mass is 551 g/mol. The summed E-state index contributed by atoms with van der Waals surface area (Å²) in [7, 11) is 0. The summed E-state index contributed by atoms with van der Waals surface area (Å²) in [6.07, 6.45) is 1.88. The van der Waals surface area contributed by atoms with Crippen molar-refractivity contribution in [1.82, 2.24) is 14.1 Å². The predicted octanol–water partition coefficient (Wildman–Crippen LogP) is 10.1. The molecule has 0 atom stereocenters. The minimum atomic E-state index is -0.160. The highest BCUT2D eigenvalue weighted by molar-refractivity contribution is 6.11. The lowest BCUT2D eigenvalue weighted by Crippen LogP contribution is -2.15. The molecule has 0 spiro atoms. The molecule has 9 rings (SSSR count). The van der Waals surface area contributed by atoms with Crippen molar-refractivity contribution >= 4 is 32.8 Å². The molecule has 4 heterocycles. The Labute approximate surface area is 250 Å². The molecule has 0 unspecified atom stereocenters. The zero-order valence-corrected chi connectivity index (χ0v) is 24.1. The number of pyridine rings is 1. The number of hydrogen-bond acceptors (Lipinski definition) is 1. The van der Waals surface area contributed by atoms with E-state index >= 15 is 0 Å². The molecule has 1 aliphatic heterocycles.